The monoisotopic (exact) mass is 276 g/mol. The zero-order chi connectivity index (χ0) is 11.6. The number of sulfonamides is 1. The molecule has 0 aromatic heterocycles. The van der Waals surface area contributed by atoms with Gasteiger partial charge in [0.25, 0.3) is 0 Å². The molecule has 0 spiro atoms. The largest absolute Gasteiger partial charge is 1.00 e. The molecule has 1 aliphatic rings. The second-order valence-electron chi connectivity index (χ2n) is 3.78. The van der Waals surface area contributed by atoms with E-state index in [0.29, 0.717) is 0 Å². The molecule has 0 atom stereocenters. The molecule has 7 heteroatoms. The SMILES string of the molecule is NS(=O)(=O)c1cccc(N2CCNCC2)c1.[Cl-]. The van der Waals surface area contributed by atoms with Crippen LogP contribution in [0, 0.1) is 0 Å². The van der Waals surface area contributed by atoms with Crippen molar-refractivity contribution in [2.24, 2.45) is 5.14 Å². The van der Waals surface area contributed by atoms with E-state index in [1.807, 2.05) is 6.07 Å². The van der Waals surface area contributed by atoms with Crippen molar-refractivity contribution in [3.05, 3.63) is 24.3 Å². The number of benzene rings is 1. The van der Waals surface area contributed by atoms with Gasteiger partial charge < -0.3 is 22.6 Å². The molecule has 0 radical (unpaired) electrons. The van der Waals surface area contributed by atoms with Crippen LogP contribution in [0.1, 0.15) is 0 Å². The highest BCUT2D eigenvalue weighted by atomic mass is 35.5. The number of anilines is 1. The maximum Gasteiger partial charge on any atom is 0.238 e. The molecule has 17 heavy (non-hydrogen) atoms. The Kier molecular flexibility index (Phi) is 4.76. The van der Waals surface area contributed by atoms with Crippen LogP contribution in [-0.2, 0) is 10.0 Å². The standard InChI is InChI=1S/C10H15N3O2S.ClH/c11-16(14,15)10-3-1-2-9(8-10)13-6-4-12-5-7-13;/h1-3,8,12H,4-7H2,(H2,11,14,15);1H/p-1. The first-order valence-electron chi connectivity index (χ1n) is 5.16. The van der Waals surface area contributed by atoms with Crippen LogP contribution in [0.5, 0.6) is 0 Å². The molecule has 3 N–H and O–H groups in total. The normalized spacial score (nSPS) is 16.4. The number of hydrogen-bond acceptors (Lipinski definition) is 4. The van der Waals surface area contributed by atoms with E-state index in [2.05, 4.69) is 10.2 Å². The van der Waals surface area contributed by atoms with Crippen LogP contribution >= 0.6 is 0 Å². The summed E-state index contributed by atoms with van der Waals surface area (Å²) in [6, 6.07) is 6.76. The van der Waals surface area contributed by atoms with Crippen LogP contribution in [0.3, 0.4) is 0 Å². The lowest BCUT2D eigenvalue weighted by molar-refractivity contribution is -0.00000589. The van der Waals surface area contributed by atoms with Gasteiger partial charge in [0.05, 0.1) is 4.90 Å². The number of piperazine rings is 1. The lowest BCUT2D eigenvalue weighted by Gasteiger charge is -2.29. The van der Waals surface area contributed by atoms with Crippen molar-refractivity contribution in [1.29, 1.82) is 0 Å². The Bertz CT molecular complexity index is 472. The molecule has 1 heterocycles. The molecule has 1 aromatic rings. The van der Waals surface area contributed by atoms with Crippen LogP contribution in [0.2, 0.25) is 0 Å². The molecule has 1 saturated heterocycles. The van der Waals surface area contributed by atoms with E-state index >= 15 is 0 Å². The van der Waals surface area contributed by atoms with Crippen molar-refractivity contribution < 1.29 is 20.8 Å². The number of primary sulfonamides is 1. The maximum absolute atomic E-state index is 11.2. The fraction of sp³-hybridized carbons (Fsp3) is 0.400. The first-order valence-corrected chi connectivity index (χ1v) is 6.70. The lowest BCUT2D eigenvalue weighted by Crippen LogP contribution is -3.00. The molecule has 0 amide bonds. The zero-order valence-electron chi connectivity index (χ0n) is 9.27. The Morgan fingerprint density at radius 1 is 1.24 bits per heavy atom. The summed E-state index contributed by atoms with van der Waals surface area (Å²) in [6.07, 6.45) is 0. The average molecular weight is 277 g/mol. The summed E-state index contributed by atoms with van der Waals surface area (Å²) >= 11 is 0. The van der Waals surface area contributed by atoms with Gasteiger partial charge in [0.2, 0.25) is 10.0 Å². The Hall–Kier alpha value is -0.820. The van der Waals surface area contributed by atoms with E-state index in [-0.39, 0.29) is 17.3 Å². The van der Waals surface area contributed by atoms with Crippen molar-refractivity contribution in [3.8, 4) is 0 Å². The highest BCUT2D eigenvalue weighted by molar-refractivity contribution is 7.89. The Morgan fingerprint density at radius 3 is 2.47 bits per heavy atom. The molecule has 0 saturated carbocycles. The summed E-state index contributed by atoms with van der Waals surface area (Å²) < 4.78 is 22.4. The number of hydrogen-bond donors (Lipinski definition) is 2. The second-order valence-corrected chi connectivity index (χ2v) is 5.34. The van der Waals surface area contributed by atoms with Gasteiger partial charge in [-0.15, -0.1) is 0 Å². The van der Waals surface area contributed by atoms with E-state index in [1.165, 1.54) is 6.07 Å². The molecule has 1 aliphatic heterocycles. The third kappa shape index (κ3) is 3.57. The number of nitrogens with two attached hydrogens (primary N) is 1. The van der Waals surface area contributed by atoms with Crippen LogP contribution in [0.25, 0.3) is 0 Å². The summed E-state index contributed by atoms with van der Waals surface area (Å²) in [5.41, 5.74) is 0.910. The number of rotatable bonds is 2. The van der Waals surface area contributed by atoms with Crippen molar-refractivity contribution in [3.63, 3.8) is 0 Å². The highest BCUT2D eigenvalue weighted by Crippen LogP contribution is 2.18. The molecule has 96 valence electrons. The van der Waals surface area contributed by atoms with Gasteiger partial charge in [-0.05, 0) is 18.2 Å². The third-order valence-corrected chi connectivity index (χ3v) is 3.54. The van der Waals surface area contributed by atoms with Gasteiger partial charge in [-0.1, -0.05) is 6.07 Å². The zero-order valence-corrected chi connectivity index (χ0v) is 10.8. The summed E-state index contributed by atoms with van der Waals surface area (Å²) in [5, 5.41) is 8.34. The third-order valence-electron chi connectivity index (χ3n) is 2.63. The smallest absolute Gasteiger partial charge is 0.238 e. The van der Waals surface area contributed by atoms with Crippen LogP contribution < -0.4 is 27.8 Å². The minimum absolute atomic E-state index is 0. The van der Waals surface area contributed by atoms with Gasteiger partial charge in [0.15, 0.2) is 0 Å². The first-order chi connectivity index (χ1) is 7.57. The van der Waals surface area contributed by atoms with Crippen LogP contribution in [0.4, 0.5) is 5.69 Å². The average Bonchev–Trinajstić information content (AvgIpc) is 2.29. The van der Waals surface area contributed by atoms with Gasteiger partial charge in [0.1, 0.15) is 0 Å². The first kappa shape index (κ1) is 14.2. The summed E-state index contributed by atoms with van der Waals surface area (Å²) in [4.78, 5) is 2.31. The summed E-state index contributed by atoms with van der Waals surface area (Å²) in [6.45, 7) is 3.60. The van der Waals surface area contributed by atoms with Crippen LogP contribution in [-0.4, -0.2) is 34.6 Å². The molecule has 1 fully saturated rings. The number of nitrogens with zero attached hydrogens (tertiary/aromatic N) is 1. The molecular weight excluding hydrogens is 262 g/mol. The minimum Gasteiger partial charge on any atom is -1.00 e. The molecule has 0 bridgehead atoms. The summed E-state index contributed by atoms with van der Waals surface area (Å²) in [5.74, 6) is 0. The van der Waals surface area contributed by atoms with Gasteiger partial charge in [-0.3, -0.25) is 0 Å². The Morgan fingerprint density at radius 2 is 1.88 bits per heavy atom. The fourth-order valence-electron chi connectivity index (χ4n) is 1.78. The minimum atomic E-state index is -3.61. The van der Waals surface area contributed by atoms with Crippen molar-refractivity contribution in [1.82, 2.24) is 5.32 Å². The molecule has 0 unspecified atom stereocenters. The van der Waals surface area contributed by atoms with Crippen molar-refractivity contribution in [2.75, 3.05) is 31.1 Å². The lowest BCUT2D eigenvalue weighted by atomic mass is 10.2. The van der Waals surface area contributed by atoms with Crippen molar-refractivity contribution in [2.45, 2.75) is 4.90 Å². The number of nitrogens with one attached hydrogen (secondary N) is 1. The van der Waals surface area contributed by atoms with Crippen LogP contribution in [0.15, 0.2) is 29.2 Å². The van der Waals surface area contributed by atoms with E-state index in [1.54, 1.807) is 12.1 Å². The van der Waals surface area contributed by atoms with E-state index in [4.69, 9.17) is 5.14 Å². The quantitative estimate of drug-likeness (QED) is 0.595. The highest BCUT2D eigenvalue weighted by Gasteiger charge is 2.13. The Labute approximate surface area is 107 Å². The molecule has 5 nitrogen and oxygen atoms in total. The van der Waals surface area contributed by atoms with Gasteiger partial charge >= 0.3 is 0 Å². The van der Waals surface area contributed by atoms with Crippen molar-refractivity contribution >= 4 is 15.7 Å². The molecule has 0 aliphatic carbocycles. The molecule has 1 aromatic carbocycles. The molecule has 2 rings (SSSR count). The van der Waals surface area contributed by atoms with Gasteiger partial charge in [-0.25, -0.2) is 13.6 Å². The maximum atomic E-state index is 11.2. The second kappa shape index (κ2) is 5.68. The molecular formula is C10H15ClN3O2S-. The predicted octanol–water partition coefficient (Wildman–Crippen LogP) is -3.25. The van der Waals surface area contributed by atoms with Gasteiger partial charge in [-0.2, -0.15) is 0 Å². The Balaban J connectivity index is 0.00000144. The topological polar surface area (TPSA) is 75.4 Å². The van der Waals surface area contributed by atoms with E-state index < -0.39 is 10.0 Å². The predicted molar refractivity (Wildman–Crippen MR) is 62.9 cm³/mol. The number of halogens is 1. The summed E-state index contributed by atoms with van der Waals surface area (Å²) in [7, 11) is -3.61. The van der Waals surface area contributed by atoms with E-state index in [0.717, 1.165) is 31.9 Å². The van der Waals surface area contributed by atoms with E-state index in [9.17, 15) is 8.42 Å². The fourth-order valence-corrected chi connectivity index (χ4v) is 2.33. The van der Waals surface area contributed by atoms with Gasteiger partial charge in [0, 0.05) is 31.9 Å².